The van der Waals surface area contributed by atoms with Gasteiger partial charge in [0.2, 0.25) is 10.0 Å². The Labute approximate surface area is 102 Å². The van der Waals surface area contributed by atoms with E-state index in [1.165, 1.54) is 12.1 Å². The minimum Gasteiger partial charge on any atom is -0.212 e. The van der Waals surface area contributed by atoms with Gasteiger partial charge in [-0.1, -0.05) is 25.5 Å². The fraction of sp³-hybridized carbons (Fsp3) is 0.500. The number of hydrogen-bond donors (Lipinski definition) is 1. The van der Waals surface area contributed by atoms with Crippen LogP contribution in [0.1, 0.15) is 38.3 Å². The van der Waals surface area contributed by atoms with Gasteiger partial charge in [-0.3, -0.25) is 0 Å². The van der Waals surface area contributed by atoms with Crippen molar-refractivity contribution in [1.82, 2.24) is 4.72 Å². The van der Waals surface area contributed by atoms with Gasteiger partial charge in [0.1, 0.15) is 5.82 Å². The second-order valence-corrected chi connectivity index (χ2v) is 5.94. The molecule has 1 aromatic carbocycles. The van der Waals surface area contributed by atoms with Crippen LogP contribution in [-0.4, -0.2) is 14.2 Å². The van der Waals surface area contributed by atoms with Gasteiger partial charge in [-0.2, -0.15) is 0 Å². The van der Waals surface area contributed by atoms with Crippen LogP contribution in [0, 0.1) is 5.82 Å². The van der Waals surface area contributed by atoms with Crippen LogP contribution in [0.15, 0.2) is 24.3 Å². The van der Waals surface area contributed by atoms with Crippen LogP contribution >= 0.6 is 0 Å². The van der Waals surface area contributed by atoms with E-state index < -0.39 is 10.0 Å². The fourth-order valence-corrected chi connectivity index (χ4v) is 2.94. The first kappa shape index (κ1) is 14.1. The van der Waals surface area contributed by atoms with E-state index in [9.17, 15) is 12.8 Å². The Kier molecular flexibility index (Phi) is 5.08. The molecule has 0 spiro atoms. The van der Waals surface area contributed by atoms with E-state index in [0.717, 1.165) is 12.0 Å². The predicted molar refractivity (Wildman–Crippen MR) is 66.6 cm³/mol. The van der Waals surface area contributed by atoms with Crippen molar-refractivity contribution in [3.8, 4) is 0 Å². The Morgan fingerprint density at radius 3 is 2.41 bits per heavy atom. The van der Waals surface area contributed by atoms with Gasteiger partial charge >= 0.3 is 0 Å². The van der Waals surface area contributed by atoms with Crippen LogP contribution in [0.3, 0.4) is 0 Å². The molecule has 1 aromatic rings. The molecule has 5 heteroatoms. The van der Waals surface area contributed by atoms with Crippen molar-refractivity contribution in [2.45, 2.75) is 32.7 Å². The molecule has 0 aliphatic heterocycles. The third kappa shape index (κ3) is 4.83. The van der Waals surface area contributed by atoms with Crippen LogP contribution < -0.4 is 4.72 Å². The summed E-state index contributed by atoms with van der Waals surface area (Å²) < 4.78 is 38.6. The summed E-state index contributed by atoms with van der Waals surface area (Å²) in [4.78, 5) is 0. The third-order valence-electron chi connectivity index (χ3n) is 2.49. The smallest absolute Gasteiger partial charge is 0.212 e. The van der Waals surface area contributed by atoms with Crippen LogP contribution in [0.4, 0.5) is 4.39 Å². The van der Waals surface area contributed by atoms with Crippen LogP contribution in [-0.2, 0) is 10.0 Å². The predicted octanol–water partition coefficient (Wildman–Crippen LogP) is 2.61. The summed E-state index contributed by atoms with van der Waals surface area (Å²) in [6.07, 6.45) is 1.48. The number of hydrogen-bond acceptors (Lipinski definition) is 2. The van der Waals surface area contributed by atoms with Crippen molar-refractivity contribution in [2.24, 2.45) is 0 Å². The molecule has 17 heavy (non-hydrogen) atoms. The molecule has 0 amide bonds. The minimum absolute atomic E-state index is 0.134. The van der Waals surface area contributed by atoms with Gasteiger partial charge in [0.15, 0.2) is 0 Å². The van der Waals surface area contributed by atoms with E-state index in [0.29, 0.717) is 6.42 Å². The van der Waals surface area contributed by atoms with Crippen molar-refractivity contribution < 1.29 is 12.8 Å². The Bertz CT molecular complexity index is 442. The molecule has 3 nitrogen and oxygen atoms in total. The van der Waals surface area contributed by atoms with Crippen LogP contribution in [0.2, 0.25) is 0 Å². The van der Waals surface area contributed by atoms with E-state index in [-0.39, 0.29) is 17.6 Å². The number of benzene rings is 1. The average Bonchev–Trinajstić information content (AvgIpc) is 2.26. The summed E-state index contributed by atoms with van der Waals surface area (Å²) >= 11 is 0. The molecule has 96 valence electrons. The SMILES string of the molecule is CCCCS(=O)(=O)NC(C)c1ccc(F)cc1. The van der Waals surface area contributed by atoms with E-state index in [4.69, 9.17) is 0 Å². The highest BCUT2D eigenvalue weighted by atomic mass is 32.2. The largest absolute Gasteiger partial charge is 0.212 e. The molecule has 0 fully saturated rings. The van der Waals surface area contributed by atoms with Crippen molar-refractivity contribution in [3.05, 3.63) is 35.6 Å². The fourth-order valence-electron chi connectivity index (χ4n) is 1.48. The maximum absolute atomic E-state index is 12.7. The van der Waals surface area contributed by atoms with Crippen molar-refractivity contribution in [1.29, 1.82) is 0 Å². The summed E-state index contributed by atoms with van der Waals surface area (Å²) in [6, 6.07) is 5.49. The molecule has 0 bridgehead atoms. The number of unbranched alkanes of at least 4 members (excludes halogenated alkanes) is 1. The first-order chi connectivity index (χ1) is 7.94. The lowest BCUT2D eigenvalue weighted by molar-refractivity contribution is 0.563. The molecule has 0 saturated carbocycles. The molecule has 1 unspecified atom stereocenters. The highest BCUT2D eigenvalue weighted by Crippen LogP contribution is 2.14. The van der Waals surface area contributed by atoms with Crippen LogP contribution in [0.25, 0.3) is 0 Å². The number of nitrogens with one attached hydrogen (secondary N) is 1. The minimum atomic E-state index is -3.24. The Morgan fingerprint density at radius 1 is 1.29 bits per heavy atom. The molecule has 0 saturated heterocycles. The highest BCUT2D eigenvalue weighted by molar-refractivity contribution is 7.89. The number of sulfonamides is 1. The van der Waals surface area contributed by atoms with Crippen molar-refractivity contribution in [3.63, 3.8) is 0 Å². The zero-order valence-corrected chi connectivity index (χ0v) is 10.9. The lowest BCUT2D eigenvalue weighted by atomic mass is 10.1. The summed E-state index contributed by atoms with van der Waals surface area (Å²) in [5.41, 5.74) is 0.756. The standard InChI is InChI=1S/C12H18FNO2S/c1-3-4-9-17(15,16)14-10(2)11-5-7-12(13)8-6-11/h5-8,10,14H,3-4,9H2,1-2H3. The Balaban J connectivity index is 2.65. The summed E-state index contributed by atoms with van der Waals surface area (Å²) in [7, 11) is -3.24. The second-order valence-electron chi connectivity index (χ2n) is 4.06. The second kappa shape index (κ2) is 6.12. The molecule has 0 aliphatic carbocycles. The Hall–Kier alpha value is -0.940. The van der Waals surface area contributed by atoms with Gasteiger partial charge in [0.25, 0.3) is 0 Å². The van der Waals surface area contributed by atoms with Crippen LogP contribution in [0.5, 0.6) is 0 Å². The van der Waals surface area contributed by atoms with Crippen molar-refractivity contribution in [2.75, 3.05) is 5.75 Å². The molecule has 1 rings (SSSR count). The maximum Gasteiger partial charge on any atom is 0.212 e. The number of halogens is 1. The van der Waals surface area contributed by atoms with Gasteiger partial charge < -0.3 is 0 Å². The topological polar surface area (TPSA) is 46.2 Å². The summed E-state index contributed by atoms with van der Waals surface area (Å²) in [5, 5.41) is 0. The first-order valence-electron chi connectivity index (χ1n) is 5.70. The lowest BCUT2D eigenvalue weighted by Crippen LogP contribution is -2.29. The first-order valence-corrected chi connectivity index (χ1v) is 7.35. The molecule has 1 N–H and O–H groups in total. The van der Waals surface area contributed by atoms with Crippen molar-refractivity contribution >= 4 is 10.0 Å². The third-order valence-corrected chi connectivity index (χ3v) is 4.03. The monoisotopic (exact) mass is 259 g/mol. The summed E-state index contributed by atoms with van der Waals surface area (Å²) in [6.45, 7) is 3.69. The van der Waals surface area contributed by atoms with E-state index >= 15 is 0 Å². The van der Waals surface area contributed by atoms with E-state index in [1.54, 1.807) is 19.1 Å². The molecular weight excluding hydrogens is 241 g/mol. The van der Waals surface area contributed by atoms with E-state index in [2.05, 4.69) is 4.72 Å². The summed E-state index contributed by atoms with van der Waals surface area (Å²) in [5.74, 6) is -0.190. The highest BCUT2D eigenvalue weighted by Gasteiger charge is 2.14. The van der Waals surface area contributed by atoms with Gasteiger partial charge in [0.05, 0.1) is 5.75 Å². The maximum atomic E-state index is 12.7. The Morgan fingerprint density at radius 2 is 1.88 bits per heavy atom. The number of rotatable bonds is 6. The molecule has 0 aliphatic rings. The quantitative estimate of drug-likeness (QED) is 0.853. The zero-order valence-electron chi connectivity index (χ0n) is 10.1. The van der Waals surface area contributed by atoms with E-state index in [1.807, 2.05) is 6.92 Å². The van der Waals surface area contributed by atoms with Gasteiger partial charge in [-0.05, 0) is 31.0 Å². The molecule has 0 heterocycles. The molecule has 0 radical (unpaired) electrons. The lowest BCUT2D eigenvalue weighted by Gasteiger charge is -2.14. The van der Waals surface area contributed by atoms with Gasteiger partial charge in [0, 0.05) is 6.04 Å². The van der Waals surface area contributed by atoms with Gasteiger partial charge in [-0.15, -0.1) is 0 Å². The molecular formula is C12H18FNO2S. The molecule has 1 atom stereocenters. The molecule has 0 aromatic heterocycles. The zero-order chi connectivity index (χ0) is 12.9. The normalized spacial score (nSPS) is 13.6. The van der Waals surface area contributed by atoms with Gasteiger partial charge in [-0.25, -0.2) is 17.5 Å². The average molecular weight is 259 g/mol.